The molecule has 1 aliphatic rings. The Morgan fingerprint density at radius 2 is 2.07 bits per heavy atom. The van der Waals surface area contributed by atoms with Crippen molar-refractivity contribution in [2.24, 2.45) is 4.99 Å². The van der Waals surface area contributed by atoms with Crippen LogP contribution in [0.5, 0.6) is 5.88 Å². The Balaban J connectivity index is 1.65. The van der Waals surface area contributed by atoms with Gasteiger partial charge in [0.2, 0.25) is 11.8 Å². The van der Waals surface area contributed by atoms with E-state index in [4.69, 9.17) is 5.26 Å². The first-order valence-corrected chi connectivity index (χ1v) is 9.19. The number of nitriles is 1. The highest BCUT2D eigenvalue weighted by atomic mass is 16.3. The molecule has 11 nitrogen and oxygen atoms in total. The van der Waals surface area contributed by atoms with E-state index in [0.29, 0.717) is 33.7 Å². The van der Waals surface area contributed by atoms with Crippen LogP contribution < -0.4 is 21.8 Å². The predicted octanol–water partition coefficient (Wildman–Crippen LogP) is 0.0724. The molecule has 1 fully saturated rings. The quantitative estimate of drug-likeness (QED) is 0.376. The summed E-state index contributed by atoms with van der Waals surface area (Å²) in [6, 6.07) is 9.20. The Kier molecular flexibility index (Phi) is 4.03. The molecule has 11 heteroatoms. The van der Waals surface area contributed by atoms with Crippen molar-refractivity contribution in [3.05, 3.63) is 63.0 Å². The summed E-state index contributed by atoms with van der Waals surface area (Å²) in [6.45, 7) is 0. The molecule has 3 aromatic heterocycles. The van der Waals surface area contributed by atoms with Crippen LogP contribution in [-0.4, -0.2) is 40.7 Å². The minimum absolute atomic E-state index is 0.215. The molecule has 4 aromatic rings. The number of hydrogen-bond acceptors (Lipinski definition) is 8. The van der Waals surface area contributed by atoms with Crippen molar-refractivity contribution in [3.8, 4) is 11.9 Å². The summed E-state index contributed by atoms with van der Waals surface area (Å²) in [7, 11) is 0. The lowest BCUT2D eigenvalue weighted by molar-refractivity contribution is 0.454. The van der Waals surface area contributed by atoms with Gasteiger partial charge in [0, 0.05) is 10.9 Å². The fraction of sp³-hybridized carbons (Fsp3) is 0.158. The van der Waals surface area contributed by atoms with Gasteiger partial charge in [0.05, 0.1) is 23.9 Å². The molecule has 148 valence electrons. The number of benzene rings is 1. The van der Waals surface area contributed by atoms with E-state index in [9.17, 15) is 9.90 Å². The molecule has 0 atom stereocenters. The molecule has 30 heavy (non-hydrogen) atoms. The van der Waals surface area contributed by atoms with E-state index in [1.807, 2.05) is 0 Å². The van der Waals surface area contributed by atoms with Gasteiger partial charge in [0.15, 0.2) is 5.65 Å². The summed E-state index contributed by atoms with van der Waals surface area (Å²) in [5.74, 6) is 0.0424. The molecule has 4 N–H and O–H groups in total. The molecule has 0 aliphatic heterocycles. The van der Waals surface area contributed by atoms with Crippen LogP contribution >= 0.6 is 0 Å². The summed E-state index contributed by atoms with van der Waals surface area (Å²) in [4.78, 5) is 29.8. The van der Waals surface area contributed by atoms with E-state index in [2.05, 4.69) is 41.4 Å². The lowest BCUT2D eigenvalue weighted by atomic mass is 10.2. The van der Waals surface area contributed by atoms with E-state index in [1.54, 1.807) is 36.5 Å². The second-order valence-electron chi connectivity index (χ2n) is 6.84. The maximum atomic E-state index is 11.4. The molecule has 1 saturated carbocycles. The van der Waals surface area contributed by atoms with E-state index in [1.165, 1.54) is 4.52 Å². The largest absolute Gasteiger partial charge is 0.493 e. The summed E-state index contributed by atoms with van der Waals surface area (Å²) in [6.07, 6.45) is 5.13. The van der Waals surface area contributed by atoms with Crippen molar-refractivity contribution in [1.29, 1.82) is 5.26 Å². The van der Waals surface area contributed by atoms with Gasteiger partial charge in [0.25, 0.3) is 5.62 Å². The van der Waals surface area contributed by atoms with Gasteiger partial charge in [-0.2, -0.15) is 24.8 Å². The highest BCUT2D eigenvalue weighted by Gasteiger charge is 2.21. The normalized spacial score (nSPS) is 14.9. The second-order valence-corrected chi connectivity index (χ2v) is 6.84. The molecular weight excluding hydrogens is 386 g/mol. The van der Waals surface area contributed by atoms with Gasteiger partial charge in [0.1, 0.15) is 5.69 Å². The molecule has 0 unspecified atom stereocenters. The number of hydrogen-bond donors (Lipinski definition) is 4. The summed E-state index contributed by atoms with van der Waals surface area (Å²) < 4.78 is 1.52. The maximum Gasteiger partial charge on any atom is 0.326 e. The molecule has 0 bridgehead atoms. The fourth-order valence-corrected chi connectivity index (χ4v) is 2.89. The van der Waals surface area contributed by atoms with Crippen LogP contribution in [0.4, 0.5) is 11.6 Å². The molecule has 0 amide bonds. The van der Waals surface area contributed by atoms with Crippen LogP contribution in [0.15, 0.2) is 40.2 Å². The average Bonchev–Trinajstić information content (AvgIpc) is 3.37. The van der Waals surface area contributed by atoms with Gasteiger partial charge < -0.3 is 15.4 Å². The summed E-state index contributed by atoms with van der Waals surface area (Å²) in [5, 5.41) is 26.8. The fourth-order valence-electron chi connectivity index (χ4n) is 2.89. The van der Waals surface area contributed by atoms with Crippen LogP contribution in [-0.2, 0) is 0 Å². The Bertz CT molecular complexity index is 1470. The number of nitrogens with one attached hydrogen (secondary N) is 3. The average molecular weight is 401 g/mol. The number of fused-ring (bicyclic) bond motifs is 1. The standard InChI is InChI=1S/C19H15N9O2/c20-8-10-1-3-12(4-2-10)22-17-25-15-11(7-14-16(29)26-19(30)24-14)9-21-28(15)18(27-17)23-13-5-6-13/h1-4,7,9,13,29H,5-6H2,(H,22,23,27)(H2,24,26,30)/b11-7-. The van der Waals surface area contributed by atoms with Crippen molar-refractivity contribution < 1.29 is 5.11 Å². The number of aromatic hydroxyl groups is 1. The minimum atomic E-state index is -0.516. The number of nitrogens with zero attached hydrogens (tertiary/aromatic N) is 6. The first-order chi connectivity index (χ1) is 14.6. The van der Waals surface area contributed by atoms with Gasteiger partial charge in [-0.1, -0.05) is 0 Å². The predicted molar refractivity (Wildman–Crippen MR) is 106 cm³/mol. The topological polar surface area (TPSA) is 160 Å². The summed E-state index contributed by atoms with van der Waals surface area (Å²) >= 11 is 0. The molecule has 0 saturated heterocycles. The molecule has 5 rings (SSSR count). The number of rotatable bonds is 4. The van der Waals surface area contributed by atoms with Crippen molar-refractivity contribution in [1.82, 2.24) is 29.5 Å². The van der Waals surface area contributed by atoms with Crippen molar-refractivity contribution >= 4 is 23.4 Å². The zero-order valence-electron chi connectivity index (χ0n) is 15.5. The monoisotopic (exact) mass is 401 g/mol. The van der Waals surface area contributed by atoms with Gasteiger partial charge >= 0.3 is 5.69 Å². The van der Waals surface area contributed by atoms with E-state index in [0.717, 1.165) is 12.8 Å². The maximum absolute atomic E-state index is 11.4. The third-order valence-electron chi connectivity index (χ3n) is 4.53. The molecule has 1 aliphatic carbocycles. The van der Waals surface area contributed by atoms with Crippen LogP contribution in [0, 0.1) is 11.3 Å². The third kappa shape index (κ3) is 3.37. The number of anilines is 2. The molecule has 0 radical (unpaired) electrons. The third-order valence-corrected chi connectivity index (χ3v) is 4.53. The molecule has 3 heterocycles. The number of imidazole rings is 1. The van der Waals surface area contributed by atoms with E-state index >= 15 is 0 Å². The highest BCUT2D eigenvalue weighted by molar-refractivity contribution is 5.59. The van der Waals surface area contributed by atoms with Crippen LogP contribution in [0.25, 0.3) is 11.7 Å². The van der Waals surface area contributed by atoms with E-state index < -0.39 is 5.69 Å². The van der Waals surface area contributed by atoms with Crippen LogP contribution in [0.2, 0.25) is 0 Å². The van der Waals surface area contributed by atoms with Crippen molar-refractivity contribution in [3.63, 3.8) is 0 Å². The van der Waals surface area contributed by atoms with E-state index in [-0.39, 0.29) is 17.6 Å². The molecule has 1 aromatic carbocycles. The van der Waals surface area contributed by atoms with Gasteiger partial charge in [-0.15, -0.1) is 0 Å². The Morgan fingerprint density at radius 3 is 2.73 bits per heavy atom. The Labute approximate surface area is 168 Å². The zero-order valence-corrected chi connectivity index (χ0v) is 15.5. The number of aromatic amines is 2. The Hall–Kier alpha value is -4.46. The van der Waals surface area contributed by atoms with Gasteiger partial charge in [-0.3, -0.25) is 4.98 Å². The molecular formula is C19H15N9O2. The van der Waals surface area contributed by atoms with Crippen molar-refractivity contribution in [2.75, 3.05) is 5.32 Å². The lowest BCUT2D eigenvalue weighted by Gasteiger charge is -2.05. The lowest BCUT2D eigenvalue weighted by Crippen LogP contribution is -2.24. The van der Waals surface area contributed by atoms with Gasteiger partial charge in [-0.25, -0.2) is 9.79 Å². The smallest absolute Gasteiger partial charge is 0.326 e. The minimum Gasteiger partial charge on any atom is -0.493 e. The highest BCUT2D eigenvalue weighted by Crippen LogP contribution is 2.22. The zero-order chi connectivity index (χ0) is 20.7. The van der Waals surface area contributed by atoms with Gasteiger partial charge in [-0.05, 0) is 43.2 Å². The van der Waals surface area contributed by atoms with Crippen LogP contribution in [0.3, 0.4) is 0 Å². The SMILES string of the molecule is N#Cc1ccc(Nc2nc(=NC3CC3)n3nc/c(=C/c4[nH]c(=O)[nH]c4O)c3n2)cc1. The first kappa shape index (κ1) is 17.6. The molecule has 0 spiro atoms. The Morgan fingerprint density at radius 1 is 1.27 bits per heavy atom. The number of H-pyrrole nitrogens is 2. The second kappa shape index (κ2) is 6.85. The summed E-state index contributed by atoms with van der Waals surface area (Å²) in [5.41, 5.74) is 1.84. The first-order valence-electron chi connectivity index (χ1n) is 9.19. The number of aromatic nitrogens is 6. The van der Waals surface area contributed by atoms with Crippen LogP contribution in [0.1, 0.15) is 24.1 Å². The van der Waals surface area contributed by atoms with Crippen molar-refractivity contribution in [2.45, 2.75) is 18.9 Å².